The third-order valence-electron chi connectivity index (χ3n) is 4.02. The highest BCUT2D eigenvalue weighted by Crippen LogP contribution is 2.22. The van der Waals surface area contributed by atoms with E-state index in [1.54, 1.807) is 0 Å². The van der Waals surface area contributed by atoms with Crippen molar-refractivity contribution in [2.24, 2.45) is 5.92 Å². The molecule has 2 aliphatic heterocycles. The predicted molar refractivity (Wildman–Crippen MR) is 66.7 cm³/mol. The minimum Gasteiger partial charge on any atom is -0.376 e. The predicted octanol–water partition coefficient (Wildman–Crippen LogP) is 1.49. The van der Waals surface area contributed by atoms with Crippen LogP contribution in [0.4, 0.5) is 0 Å². The van der Waals surface area contributed by atoms with E-state index in [4.69, 9.17) is 4.74 Å². The summed E-state index contributed by atoms with van der Waals surface area (Å²) in [7, 11) is 0. The van der Waals surface area contributed by atoms with E-state index in [0.717, 1.165) is 31.7 Å². The first-order valence-electron chi connectivity index (χ1n) is 6.82. The number of nitrogens with zero attached hydrogens (tertiary/aromatic N) is 1. The Kier molecular flexibility index (Phi) is 4.62. The van der Waals surface area contributed by atoms with Crippen LogP contribution >= 0.6 is 0 Å². The molecule has 3 heteroatoms. The van der Waals surface area contributed by atoms with Gasteiger partial charge in [0.25, 0.3) is 0 Å². The minimum absolute atomic E-state index is 0.445. The van der Waals surface area contributed by atoms with Crippen LogP contribution in [0.2, 0.25) is 0 Å². The Balaban J connectivity index is 1.68. The molecule has 2 aliphatic rings. The fraction of sp³-hybridized carbons (Fsp3) is 1.00. The van der Waals surface area contributed by atoms with Gasteiger partial charge in [-0.25, -0.2) is 0 Å². The lowest BCUT2D eigenvalue weighted by atomic mass is 9.93. The summed E-state index contributed by atoms with van der Waals surface area (Å²) in [4.78, 5) is 2.64. The molecule has 0 radical (unpaired) electrons. The molecule has 1 N–H and O–H groups in total. The summed E-state index contributed by atoms with van der Waals surface area (Å²) in [6, 6.07) is 0.764. The lowest BCUT2D eigenvalue weighted by Gasteiger charge is -2.37. The number of hydrogen-bond donors (Lipinski definition) is 1. The molecule has 3 atom stereocenters. The fourth-order valence-electron chi connectivity index (χ4n) is 2.90. The molecule has 2 fully saturated rings. The second kappa shape index (κ2) is 5.99. The molecule has 16 heavy (non-hydrogen) atoms. The lowest BCUT2D eigenvalue weighted by Crippen LogP contribution is -2.44. The van der Waals surface area contributed by atoms with Crippen molar-refractivity contribution in [1.82, 2.24) is 10.2 Å². The maximum absolute atomic E-state index is 5.74. The van der Waals surface area contributed by atoms with Gasteiger partial charge in [0.2, 0.25) is 0 Å². The van der Waals surface area contributed by atoms with Crippen molar-refractivity contribution in [3.05, 3.63) is 0 Å². The van der Waals surface area contributed by atoms with Gasteiger partial charge < -0.3 is 15.0 Å². The third kappa shape index (κ3) is 3.44. The number of piperidine rings is 1. The van der Waals surface area contributed by atoms with E-state index >= 15 is 0 Å². The topological polar surface area (TPSA) is 24.5 Å². The van der Waals surface area contributed by atoms with Gasteiger partial charge in [0, 0.05) is 25.7 Å². The molecule has 0 aromatic rings. The Morgan fingerprint density at radius 2 is 2.25 bits per heavy atom. The van der Waals surface area contributed by atoms with E-state index in [2.05, 4.69) is 24.1 Å². The van der Waals surface area contributed by atoms with Gasteiger partial charge in [0.1, 0.15) is 0 Å². The minimum atomic E-state index is 0.445. The highest BCUT2D eigenvalue weighted by Gasteiger charge is 2.23. The molecule has 0 aromatic heterocycles. The van der Waals surface area contributed by atoms with Crippen LogP contribution in [-0.2, 0) is 4.74 Å². The van der Waals surface area contributed by atoms with E-state index < -0.39 is 0 Å². The summed E-state index contributed by atoms with van der Waals surface area (Å²) in [6.07, 6.45) is 4.36. The summed E-state index contributed by atoms with van der Waals surface area (Å²) in [5, 5.41) is 3.40. The number of morpholine rings is 1. The van der Waals surface area contributed by atoms with Crippen molar-refractivity contribution in [1.29, 1.82) is 0 Å². The van der Waals surface area contributed by atoms with Gasteiger partial charge in [-0.05, 0) is 38.6 Å². The lowest BCUT2D eigenvalue weighted by molar-refractivity contribution is 0.0110. The Bertz CT molecular complexity index is 204. The average molecular weight is 226 g/mol. The molecule has 0 aromatic carbocycles. The van der Waals surface area contributed by atoms with Crippen molar-refractivity contribution >= 4 is 0 Å². The van der Waals surface area contributed by atoms with Crippen molar-refractivity contribution in [2.45, 2.75) is 45.3 Å². The normalized spacial score (nSPS) is 37.5. The van der Waals surface area contributed by atoms with Gasteiger partial charge in [-0.3, -0.25) is 0 Å². The average Bonchev–Trinajstić information content (AvgIpc) is 2.29. The summed E-state index contributed by atoms with van der Waals surface area (Å²) in [5.74, 6) is 0.916. The Morgan fingerprint density at radius 1 is 1.38 bits per heavy atom. The van der Waals surface area contributed by atoms with E-state index in [-0.39, 0.29) is 0 Å². The first-order chi connectivity index (χ1) is 7.75. The Labute approximate surface area is 99.5 Å². The maximum Gasteiger partial charge on any atom is 0.0712 e. The molecule has 0 aliphatic carbocycles. The second-order valence-corrected chi connectivity index (χ2v) is 5.50. The smallest absolute Gasteiger partial charge is 0.0712 e. The van der Waals surface area contributed by atoms with Crippen LogP contribution in [0.25, 0.3) is 0 Å². The molecule has 2 rings (SSSR count). The van der Waals surface area contributed by atoms with Crippen LogP contribution in [0, 0.1) is 5.92 Å². The summed E-state index contributed by atoms with van der Waals surface area (Å²) in [6.45, 7) is 10.2. The molecule has 2 saturated heterocycles. The van der Waals surface area contributed by atoms with Crippen molar-refractivity contribution in [3.8, 4) is 0 Å². The van der Waals surface area contributed by atoms with Gasteiger partial charge in [0.05, 0.1) is 12.7 Å². The molecule has 2 heterocycles. The number of rotatable bonds is 3. The van der Waals surface area contributed by atoms with Crippen molar-refractivity contribution in [2.75, 3.05) is 32.8 Å². The van der Waals surface area contributed by atoms with Crippen molar-refractivity contribution in [3.63, 3.8) is 0 Å². The second-order valence-electron chi connectivity index (χ2n) is 5.50. The molecule has 94 valence electrons. The van der Waals surface area contributed by atoms with Gasteiger partial charge in [-0.1, -0.05) is 6.92 Å². The number of hydrogen-bond acceptors (Lipinski definition) is 3. The Hall–Kier alpha value is -0.120. The van der Waals surface area contributed by atoms with Crippen LogP contribution < -0.4 is 5.32 Å². The van der Waals surface area contributed by atoms with E-state index in [1.807, 2.05) is 0 Å². The maximum atomic E-state index is 5.74. The molecule has 3 unspecified atom stereocenters. The molecular weight excluding hydrogens is 200 g/mol. The van der Waals surface area contributed by atoms with Crippen molar-refractivity contribution < 1.29 is 4.74 Å². The summed E-state index contributed by atoms with van der Waals surface area (Å²) >= 11 is 0. The van der Waals surface area contributed by atoms with Gasteiger partial charge >= 0.3 is 0 Å². The zero-order valence-electron chi connectivity index (χ0n) is 10.7. The molecule has 0 saturated carbocycles. The van der Waals surface area contributed by atoms with Crippen LogP contribution in [0.3, 0.4) is 0 Å². The van der Waals surface area contributed by atoms with Crippen LogP contribution in [0.1, 0.15) is 33.1 Å². The van der Waals surface area contributed by atoms with E-state index in [1.165, 1.54) is 32.4 Å². The number of nitrogens with one attached hydrogen (secondary N) is 1. The first-order valence-corrected chi connectivity index (χ1v) is 6.82. The standard InChI is InChI=1S/C13H26N2O/c1-11-3-6-15(12(2)9-11)7-4-13-10-14-5-8-16-13/h11-14H,3-10H2,1-2H3. The summed E-state index contributed by atoms with van der Waals surface area (Å²) < 4.78 is 5.74. The van der Waals surface area contributed by atoms with Gasteiger partial charge in [-0.2, -0.15) is 0 Å². The van der Waals surface area contributed by atoms with E-state index in [0.29, 0.717) is 6.10 Å². The zero-order chi connectivity index (χ0) is 11.4. The molecule has 0 amide bonds. The zero-order valence-corrected chi connectivity index (χ0v) is 10.7. The number of ether oxygens (including phenoxy) is 1. The van der Waals surface area contributed by atoms with E-state index in [9.17, 15) is 0 Å². The monoisotopic (exact) mass is 226 g/mol. The van der Waals surface area contributed by atoms with Gasteiger partial charge in [-0.15, -0.1) is 0 Å². The number of likely N-dealkylation sites (tertiary alicyclic amines) is 1. The van der Waals surface area contributed by atoms with Gasteiger partial charge in [0.15, 0.2) is 0 Å². The summed E-state index contributed by atoms with van der Waals surface area (Å²) in [5.41, 5.74) is 0. The first kappa shape index (κ1) is 12.3. The third-order valence-corrected chi connectivity index (χ3v) is 4.02. The Morgan fingerprint density at radius 3 is 2.94 bits per heavy atom. The van der Waals surface area contributed by atoms with Crippen LogP contribution in [-0.4, -0.2) is 49.8 Å². The quantitative estimate of drug-likeness (QED) is 0.789. The highest BCUT2D eigenvalue weighted by molar-refractivity contribution is 4.78. The van der Waals surface area contributed by atoms with Crippen LogP contribution in [0.15, 0.2) is 0 Å². The highest BCUT2D eigenvalue weighted by atomic mass is 16.5. The molecular formula is C13H26N2O. The molecule has 3 nitrogen and oxygen atoms in total. The van der Waals surface area contributed by atoms with Crippen LogP contribution in [0.5, 0.6) is 0 Å². The molecule has 0 spiro atoms. The largest absolute Gasteiger partial charge is 0.376 e. The SMILES string of the molecule is CC1CCN(CCC2CNCCO2)C(C)C1. The fourth-order valence-corrected chi connectivity index (χ4v) is 2.90. The molecule has 0 bridgehead atoms.